The molecule has 1 aromatic heterocycles. The van der Waals surface area contributed by atoms with Crippen LogP contribution in [0.25, 0.3) is 22.9 Å². The topological polar surface area (TPSA) is 72.6 Å². The van der Waals surface area contributed by atoms with Crippen LogP contribution in [0.2, 0.25) is 0 Å². The minimum atomic E-state index is -0.601. The molecule has 0 aliphatic heterocycles. The average Bonchev–Trinajstić information content (AvgIpc) is 2.56. The molecular weight excluding hydrogens is 294 g/mol. The van der Waals surface area contributed by atoms with Crippen LogP contribution in [0, 0.1) is 6.92 Å². The summed E-state index contributed by atoms with van der Waals surface area (Å²) >= 11 is 0. The van der Waals surface area contributed by atoms with Crippen molar-refractivity contribution >= 4 is 22.9 Å². The molecule has 0 amide bonds. The lowest BCUT2D eigenvalue weighted by molar-refractivity contribution is 0.414. The fourth-order valence-corrected chi connectivity index (χ4v) is 2.22. The normalized spacial score (nSPS) is 11.7. The number of aliphatic hydroxyl groups excluding tert-OH is 1. The van der Waals surface area contributed by atoms with Crippen molar-refractivity contribution in [3.8, 4) is 5.75 Å². The molecule has 0 aliphatic rings. The zero-order chi connectivity index (χ0) is 16.4. The number of ether oxygens (including phenoxy) is 1. The molecule has 5 heteroatoms. The third-order valence-electron chi connectivity index (χ3n) is 3.41. The number of hydrogen-bond donors (Lipinski definition) is 1. The Labute approximate surface area is 132 Å². The molecule has 1 N–H and O–H groups in total. The molecule has 3 rings (SSSR count). The van der Waals surface area contributed by atoms with Gasteiger partial charge in [-0.1, -0.05) is 18.2 Å². The largest absolute Gasteiger partial charge is 0.507 e. The number of aromatic nitrogens is 1. The van der Waals surface area contributed by atoms with Crippen molar-refractivity contribution in [3.63, 3.8) is 0 Å². The second-order valence-corrected chi connectivity index (χ2v) is 5.12. The molecular formula is C18H15NO4. The summed E-state index contributed by atoms with van der Waals surface area (Å²) in [5.74, 6) is 0.521. The average molecular weight is 309 g/mol. The summed E-state index contributed by atoms with van der Waals surface area (Å²) in [6.45, 7) is 1.93. The molecule has 0 bridgehead atoms. The molecule has 0 atom stereocenters. The van der Waals surface area contributed by atoms with Gasteiger partial charge < -0.3 is 14.3 Å². The molecule has 3 aromatic rings. The predicted molar refractivity (Wildman–Crippen MR) is 88.5 cm³/mol. The van der Waals surface area contributed by atoms with Crippen molar-refractivity contribution in [1.82, 2.24) is 4.98 Å². The highest BCUT2D eigenvalue weighted by molar-refractivity contribution is 5.78. The smallest absolute Gasteiger partial charge is 0.362 e. The van der Waals surface area contributed by atoms with Crippen LogP contribution in [0.5, 0.6) is 5.75 Å². The summed E-state index contributed by atoms with van der Waals surface area (Å²) in [4.78, 5) is 16.3. The van der Waals surface area contributed by atoms with Crippen LogP contribution in [0.1, 0.15) is 16.8 Å². The van der Waals surface area contributed by atoms with E-state index in [4.69, 9.17) is 9.15 Å². The summed E-state index contributed by atoms with van der Waals surface area (Å²) in [5.41, 5.74) is 1.95. The lowest BCUT2D eigenvalue weighted by Crippen LogP contribution is -2.06. The van der Waals surface area contributed by atoms with E-state index in [0.29, 0.717) is 22.4 Å². The Hall–Kier alpha value is -3.08. The van der Waals surface area contributed by atoms with Crippen LogP contribution < -0.4 is 10.4 Å². The molecule has 23 heavy (non-hydrogen) atoms. The highest BCUT2D eigenvalue weighted by Crippen LogP contribution is 2.20. The van der Waals surface area contributed by atoms with E-state index in [2.05, 4.69) is 4.98 Å². The SMILES string of the molecule is COc1cccc(C(O)=Cc2nc3cc(C)ccc3oc2=O)c1. The lowest BCUT2D eigenvalue weighted by atomic mass is 10.1. The minimum Gasteiger partial charge on any atom is -0.507 e. The first-order chi connectivity index (χ1) is 11.1. The Morgan fingerprint density at radius 2 is 2.09 bits per heavy atom. The third-order valence-corrected chi connectivity index (χ3v) is 3.41. The van der Waals surface area contributed by atoms with Gasteiger partial charge >= 0.3 is 5.63 Å². The number of methoxy groups -OCH3 is 1. The number of aliphatic hydroxyl groups is 1. The predicted octanol–water partition coefficient (Wildman–Crippen LogP) is 3.56. The summed E-state index contributed by atoms with van der Waals surface area (Å²) in [7, 11) is 1.54. The zero-order valence-corrected chi connectivity index (χ0v) is 12.7. The lowest BCUT2D eigenvalue weighted by Gasteiger charge is -2.04. The Morgan fingerprint density at radius 3 is 2.87 bits per heavy atom. The second kappa shape index (κ2) is 5.96. The van der Waals surface area contributed by atoms with Crippen molar-refractivity contribution in [3.05, 3.63) is 69.7 Å². The quantitative estimate of drug-likeness (QED) is 0.749. The third kappa shape index (κ3) is 3.08. The Bertz CT molecular complexity index is 957. The standard InChI is InChI=1S/C18H15NO4/c1-11-6-7-17-14(8-11)19-15(18(21)23-17)10-16(20)12-4-3-5-13(9-12)22-2/h3-10,20H,1-2H3. The van der Waals surface area contributed by atoms with Gasteiger partial charge in [-0.25, -0.2) is 9.78 Å². The number of fused-ring (bicyclic) bond motifs is 1. The highest BCUT2D eigenvalue weighted by Gasteiger charge is 2.08. The number of benzene rings is 2. The van der Waals surface area contributed by atoms with Gasteiger partial charge in [-0.3, -0.25) is 0 Å². The summed E-state index contributed by atoms with van der Waals surface area (Å²) in [6.07, 6.45) is 1.29. The molecule has 0 aliphatic carbocycles. The maximum atomic E-state index is 12.0. The number of nitrogens with zero attached hydrogens (tertiary/aromatic N) is 1. The molecule has 0 unspecified atom stereocenters. The van der Waals surface area contributed by atoms with Gasteiger partial charge in [0.15, 0.2) is 11.3 Å². The first kappa shape index (κ1) is 14.8. The molecule has 0 spiro atoms. The van der Waals surface area contributed by atoms with Gasteiger partial charge in [0.2, 0.25) is 0 Å². The first-order valence-electron chi connectivity index (χ1n) is 7.03. The van der Waals surface area contributed by atoms with Crippen molar-refractivity contribution in [1.29, 1.82) is 0 Å². The van der Waals surface area contributed by atoms with E-state index >= 15 is 0 Å². The van der Waals surface area contributed by atoms with Crippen LogP contribution >= 0.6 is 0 Å². The second-order valence-electron chi connectivity index (χ2n) is 5.12. The van der Waals surface area contributed by atoms with E-state index in [1.54, 1.807) is 37.4 Å². The minimum absolute atomic E-state index is 0.0448. The van der Waals surface area contributed by atoms with Gasteiger partial charge in [0.05, 0.1) is 7.11 Å². The van der Waals surface area contributed by atoms with Gasteiger partial charge in [0, 0.05) is 11.6 Å². The van der Waals surface area contributed by atoms with E-state index in [1.807, 2.05) is 19.1 Å². The van der Waals surface area contributed by atoms with Crippen LogP contribution in [-0.4, -0.2) is 17.2 Å². The fourth-order valence-electron chi connectivity index (χ4n) is 2.22. The molecule has 0 saturated carbocycles. The summed E-state index contributed by atoms with van der Waals surface area (Å²) < 4.78 is 10.3. The number of rotatable bonds is 3. The van der Waals surface area contributed by atoms with Gasteiger partial charge in [0.25, 0.3) is 0 Å². The van der Waals surface area contributed by atoms with E-state index < -0.39 is 5.63 Å². The van der Waals surface area contributed by atoms with Gasteiger partial charge in [-0.05, 0) is 36.8 Å². The molecule has 5 nitrogen and oxygen atoms in total. The fraction of sp³-hybridized carbons (Fsp3) is 0.111. The van der Waals surface area contributed by atoms with Crippen molar-refractivity contribution < 1.29 is 14.3 Å². The van der Waals surface area contributed by atoms with Crippen LogP contribution in [0.3, 0.4) is 0 Å². The molecule has 0 saturated heterocycles. The van der Waals surface area contributed by atoms with Crippen LogP contribution in [0.15, 0.2) is 51.7 Å². The van der Waals surface area contributed by atoms with Crippen LogP contribution in [0.4, 0.5) is 0 Å². The molecule has 0 radical (unpaired) electrons. The van der Waals surface area contributed by atoms with Gasteiger partial charge in [-0.2, -0.15) is 0 Å². The molecule has 1 heterocycles. The van der Waals surface area contributed by atoms with E-state index in [0.717, 1.165) is 5.56 Å². The van der Waals surface area contributed by atoms with Crippen molar-refractivity contribution in [2.45, 2.75) is 6.92 Å². The Kier molecular flexibility index (Phi) is 3.85. The molecule has 2 aromatic carbocycles. The summed E-state index contributed by atoms with van der Waals surface area (Å²) in [6, 6.07) is 12.3. The Balaban J connectivity index is 2.08. The van der Waals surface area contributed by atoms with E-state index in [-0.39, 0.29) is 11.5 Å². The van der Waals surface area contributed by atoms with Crippen molar-refractivity contribution in [2.75, 3.05) is 7.11 Å². The maximum absolute atomic E-state index is 12.0. The Morgan fingerprint density at radius 1 is 1.26 bits per heavy atom. The van der Waals surface area contributed by atoms with Crippen molar-refractivity contribution in [2.24, 2.45) is 0 Å². The maximum Gasteiger partial charge on any atom is 0.362 e. The first-order valence-corrected chi connectivity index (χ1v) is 7.03. The van der Waals surface area contributed by atoms with E-state index in [9.17, 15) is 9.90 Å². The molecule has 0 fully saturated rings. The zero-order valence-electron chi connectivity index (χ0n) is 12.7. The highest BCUT2D eigenvalue weighted by atomic mass is 16.5. The molecule has 116 valence electrons. The van der Waals surface area contributed by atoms with Crippen LogP contribution in [-0.2, 0) is 0 Å². The summed E-state index contributed by atoms with van der Waals surface area (Å²) in [5, 5.41) is 10.2. The number of hydrogen-bond acceptors (Lipinski definition) is 5. The van der Waals surface area contributed by atoms with E-state index in [1.165, 1.54) is 6.08 Å². The monoisotopic (exact) mass is 309 g/mol. The number of aryl methyl sites for hydroxylation is 1. The van der Waals surface area contributed by atoms with Gasteiger partial charge in [0.1, 0.15) is 17.0 Å². The van der Waals surface area contributed by atoms with Gasteiger partial charge in [-0.15, -0.1) is 0 Å².